The summed E-state index contributed by atoms with van der Waals surface area (Å²) in [5.74, 6) is 0.149. The first kappa shape index (κ1) is 14.8. The van der Waals surface area contributed by atoms with Gasteiger partial charge in [0.15, 0.2) is 0 Å². The van der Waals surface area contributed by atoms with Crippen LogP contribution in [-0.2, 0) is 6.42 Å². The molecule has 2 aromatic rings. The Hall–Kier alpha value is -1.60. The van der Waals surface area contributed by atoms with Crippen LogP contribution in [0.4, 0.5) is 0 Å². The Bertz CT molecular complexity index is 549. The standard InChI is InChI=1S/C19H24O/c1-13-10-14(2)18(15(3)11-13)12-19(20)16(4)17-8-6-5-7-9-17/h5-11,16,19-20H,12H2,1-4H3. The Morgan fingerprint density at radius 3 is 2.05 bits per heavy atom. The second kappa shape index (κ2) is 6.23. The van der Waals surface area contributed by atoms with Gasteiger partial charge >= 0.3 is 0 Å². The van der Waals surface area contributed by atoms with Crippen molar-refractivity contribution >= 4 is 0 Å². The third-order valence-corrected chi connectivity index (χ3v) is 4.16. The van der Waals surface area contributed by atoms with Crippen molar-refractivity contribution in [2.45, 2.75) is 46.1 Å². The summed E-state index contributed by atoms with van der Waals surface area (Å²) in [4.78, 5) is 0. The van der Waals surface area contributed by atoms with E-state index in [0.29, 0.717) is 6.42 Å². The van der Waals surface area contributed by atoms with E-state index in [0.717, 1.165) is 0 Å². The second-order valence-electron chi connectivity index (χ2n) is 5.85. The van der Waals surface area contributed by atoms with Crippen molar-refractivity contribution in [2.75, 3.05) is 0 Å². The van der Waals surface area contributed by atoms with E-state index in [-0.39, 0.29) is 12.0 Å². The predicted octanol–water partition coefficient (Wildman–Crippen LogP) is 4.32. The van der Waals surface area contributed by atoms with Gasteiger partial charge in [0.1, 0.15) is 0 Å². The number of hydrogen-bond acceptors (Lipinski definition) is 1. The summed E-state index contributed by atoms with van der Waals surface area (Å²) in [6.07, 6.45) is 0.367. The van der Waals surface area contributed by atoms with Crippen molar-refractivity contribution in [2.24, 2.45) is 0 Å². The van der Waals surface area contributed by atoms with Gasteiger partial charge in [0.25, 0.3) is 0 Å². The molecular weight excluding hydrogens is 244 g/mol. The fraction of sp³-hybridized carbons (Fsp3) is 0.368. The maximum Gasteiger partial charge on any atom is 0.0646 e. The van der Waals surface area contributed by atoms with Gasteiger partial charge in [0.2, 0.25) is 0 Å². The van der Waals surface area contributed by atoms with Crippen LogP contribution >= 0.6 is 0 Å². The molecule has 0 aromatic heterocycles. The minimum absolute atomic E-state index is 0.149. The van der Waals surface area contributed by atoms with Crippen LogP contribution < -0.4 is 0 Å². The van der Waals surface area contributed by atoms with E-state index >= 15 is 0 Å². The molecule has 0 aliphatic heterocycles. The number of aliphatic hydroxyl groups is 1. The summed E-state index contributed by atoms with van der Waals surface area (Å²) in [7, 11) is 0. The van der Waals surface area contributed by atoms with Crippen molar-refractivity contribution in [3.05, 3.63) is 70.3 Å². The zero-order valence-corrected chi connectivity index (χ0v) is 12.9. The lowest BCUT2D eigenvalue weighted by Crippen LogP contribution is -2.20. The largest absolute Gasteiger partial charge is 0.392 e. The second-order valence-corrected chi connectivity index (χ2v) is 5.85. The van der Waals surface area contributed by atoms with Crippen LogP contribution in [0, 0.1) is 20.8 Å². The molecule has 0 fully saturated rings. The first-order chi connectivity index (χ1) is 9.49. The summed E-state index contributed by atoms with van der Waals surface area (Å²) in [6.45, 7) is 8.48. The summed E-state index contributed by atoms with van der Waals surface area (Å²) in [5, 5.41) is 10.5. The van der Waals surface area contributed by atoms with Crippen LogP contribution in [0.2, 0.25) is 0 Å². The third kappa shape index (κ3) is 3.29. The van der Waals surface area contributed by atoms with E-state index in [1.54, 1.807) is 0 Å². The molecule has 1 nitrogen and oxygen atoms in total. The smallest absolute Gasteiger partial charge is 0.0646 e. The lowest BCUT2D eigenvalue weighted by molar-refractivity contribution is 0.149. The Kier molecular flexibility index (Phi) is 4.61. The normalized spacial score (nSPS) is 14.1. The average molecular weight is 268 g/mol. The van der Waals surface area contributed by atoms with Gasteiger partial charge in [-0.15, -0.1) is 0 Å². The molecule has 20 heavy (non-hydrogen) atoms. The SMILES string of the molecule is Cc1cc(C)c(CC(O)C(C)c2ccccc2)c(C)c1. The molecule has 0 spiro atoms. The summed E-state index contributed by atoms with van der Waals surface area (Å²) >= 11 is 0. The van der Waals surface area contributed by atoms with Crippen LogP contribution in [0.15, 0.2) is 42.5 Å². The summed E-state index contributed by atoms with van der Waals surface area (Å²) < 4.78 is 0. The van der Waals surface area contributed by atoms with Crippen LogP contribution in [0.1, 0.15) is 40.7 Å². The van der Waals surface area contributed by atoms with Crippen LogP contribution in [0.3, 0.4) is 0 Å². The van der Waals surface area contributed by atoms with Gasteiger partial charge in [-0.05, 0) is 49.4 Å². The quantitative estimate of drug-likeness (QED) is 0.875. The molecule has 1 heteroatoms. The monoisotopic (exact) mass is 268 g/mol. The maximum absolute atomic E-state index is 10.5. The zero-order valence-electron chi connectivity index (χ0n) is 12.9. The number of aryl methyl sites for hydroxylation is 3. The topological polar surface area (TPSA) is 20.2 Å². The summed E-state index contributed by atoms with van der Waals surface area (Å²) in [5.41, 5.74) is 6.33. The van der Waals surface area contributed by atoms with E-state index in [4.69, 9.17) is 0 Å². The first-order valence-electron chi connectivity index (χ1n) is 7.28. The van der Waals surface area contributed by atoms with Crippen molar-refractivity contribution in [3.63, 3.8) is 0 Å². The van der Waals surface area contributed by atoms with Gasteiger partial charge in [-0.1, -0.05) is 55.0 Å². The molecule has 2 atom stereocenters. The highest BCUT2D eigenvalue weighted by Crippen LogP contribution is 2.25. The van der Waals surface area contributed by atoms with Crippen LogP contribution in [-0.4, -0.2) is 11.2 Å². The van der Waals surface area contributed by atoms with E-state index < -0.39 is 0 Å². The van der Waals surface area contributed by atoms with Crippen molar-refractivity contribution in [1.82, 2.24) is 0 Å². The fourth-order valence-corrected chi connectivity index (χ4v) is 2.90. The van der Waals surface area contributed by atoms with Gasteiger partial charge < -0.3 is 5.11 Å². The maximum atomic E-state index is 10.5. The zero-order chi connectivity index (χ0) is 14.7. The fourth-order valence-electron chi connectivity index (χ4n) is 2.90. The van der Waals surface area contributed by atoms with E-state index in [9.17, 15) is 5.11 Å². The van der Waals surface area contributed by atoms with E-state index in [1.165, 1.54) is 27.8 Å². The molecule has 0 amide bonds. The van der Waals surface area contributed by atoms with Gasteiger partial charge in [0.05, 0.1) is 6.10 Å². The Morgan fingerprint density at radius 1 is 0.950 bits per heavy atom. The average Bonchev–Trinajstić information content (AvgIpc) is 2.42. The molecule has 0 heterocycles. The van der Waals surface area contributed by atoms with Crippen LogP contribution in [0.25, 0.3) is 0 Å². The molecule has 2 aromatic carbocycles. The van der Waals surface area contributed by atoms with E-state index in [1.807, 2.05) is 18.2 Å². The van der Waals surface area contributed by atoms with Gasteiger partial charge in [-0.2, -0.15) is 0 Å². The lowest BCUT2D eigenvalue weighted by atomic mass is 9.88. The van der Waals surface area contributed by atoms with E-state index in [2.05, 4.69) is 52.0 Å². The number of benzene rings is 2. The molecule has 0 radical (unpaired) electrons. The van der Waals surface area contributed by atoms with Crippen LogP contribution in [0.5, 0.6) is 0 Å². The highest BCUT2D eigenvalue weighted by molar-refractivity contribution is 5.38. The van der Waals surface area contributed by atoms with Crippen molar-refractivity contribution in [1.29, 1.82) is 0 Å². The van der Waals surface area contributed by atoms with Crippen molar-refractivity contribution in [3.8, 4) is 0 Å². The first-order valence-corrected chi connectivity index (χ1v) is 7.28. The highest BCUT2D eigenvalue weighted by atomic mass is 16.3. The Balaban J connectivity index is 2.18. The molecule has 106 valence electrons. The molecule has 1 N–H and O–H groups in total. The molecule has 0 aliphatic carbocycles. The molecular formula is C19H24O. The molecule has 0 bridgehead atoms. The van der Waals surface area contributed by atoms with Crippen molar-refractivity contribution < 1.29 is 5.11 Å². The number of aliphatic hydroxyl groups excluding tert-OH is 1. The van der Waals surface area contributed by atoms with Gasteiger partial charge in [-0.3, -0.25) is 0 Å². The molecule has 2 unspecified atom stereocenters. The Morgan fingerprint density at radius 2 is 1.50 bits per heavy atom. The van der Waals surface area contributed by atoms with Gasteiger partial charge in [0, 0.05) is 5.92 Å². The summed E-state index contributed by atoms with van der Waals surface area (Å²) in [6, 6.07) is 14.6. The minimum atomic E-state index is -0.350. The third-order valence-electron chi connectivity index (χ3n) is 4.16. The van der Waals surface area contributed by atoms with Gasteiger partial charge in [-0.25, -0.2) is 0 Å². The Labute approximate surface area is 122 Å². The highest BCUT2D eigenvalue weighted by Gasteiger charge is 2.18. The molecule has 0 saturated carbocycles. The molecule has 2 rings (SSSR count). The minimum Gasteiger partial charge on any atom is -0.392 e. The molecule has 0 saturated heterocycles. The predicted molar refractivity (Wildman–Crippen MR) is 85.2 cm³/mol. The number of hydrogen-bond donors (Lipinski definition) is 1. The molecule has 0 aliphatic rings. The lowest BCUT2D eigenvalue weighted by Gasteiger charge is -2.21. The number of rotatable bonds is 4.